The molecule has 0 saturated carbocycles. The van der Waals surface area contributed by atoms with Crippen molar-refractivity contribution in [1.82, 2.24) is 10.3 Å². The number of thiazole rings is 1. The fraction of sp³-hybridized carbons (Fsp3) is 0.357. The normalized spacial score (nSPS) is 10.9. The van der Waals surface area contributed by atoms with Gasteiger partial charge in [-0.1, -0.05) is 17.7 Å². The average Bonchev–Trinajstić information content (AvgIpc) is 2.87. The third-order valence-electron chi connectivity index (χ3n) is 2.81. The van der Waals surface area contributed by atoms with E-state index >= 15 is 0 Å². The highest BCUT2D eigenvalue weighted by Gasteiger charge is 2.06. The number of hydrogen-bond donors (Lipinski definition) is 2. The van der Waals surface area contributed by atoms with E-state index < -0.39 is 0 Å². The van der Waals surface area contributed by atoms with Crippen LogP contribution in [0.1, 0.15) is 10.6 Å². The number of aliphatic hydroxyl groups is 1. The third kappa shape index (κ3) is 4.01. The van der Waals surface area contributed by atoms with Crippen LogP contribution in [0.3, 0.4) is 0 Å². The highest BCUT2D eigenvalue weighted by atomic mass is 35.5. The highest BCUT2D eigenvalue weighted by Crippen LogP contribution is 2.26. The zero-order valence-electron chi connectivity index (χ0n) is 10.8. The quantitative estimate of drug-likeness (QED) is 0.806. The predicted molar refractivity (Wildman–Crippen MR) is 81.0 cm³/mol. The van der Waals surface area contributed by atoms with Gasteiger partial charge in [0.05, 0.1) is 17.3 Å². The first-order chi connectivity index (χ1) is 9.20. The maximum absolute atomic E-state index is 8.68. The Balaban J connectivity index is 2.01. The standard InChI is InChI=1S/C14H17ClN2OS/c1-10-8-11(2-3-12(10)15)13-9-19-14(17-13)4-5-16-6-7-18/h2-3,8-9,16,18H,4-7H2,1H3. The van der Waals surface area contributed by atoms with Crippen LogP contribution in [0.2, 0.25) is 5.02 Å². The van der Waals surface area contributed by atoms with Gasteiger partial charge < -0.3 is 10.4 Å². The lowest BCUT2D eigenvalue weighted by Crippen LogP contribution is -2.20. The van der Waals surface area contributed by atoms with Crippen molar-refractivity contribution >= 4 is 22.9 Å². The molecular formula is C14H17ClN2OS. The van der Waals surface area contributed by atoms with Crippen LogP contribution in [0, 0.1) is 6.92 Å². The van der Waals surface area contributed by atoms with Crippen molar-refractivity contribution in [2.24, 2.45) is 0 Å². The van der Waals surface area contributed by atoms with Gasteiger partial charge in [0, 0.05) is 35.5 Å². The number of aromatic nitrogens is 1. The molecule has 0 fully saturated rings. The Morgan fingerprint density at radius 1 is 1.37 bits per heavy atom. The van der Waals surface area contributed by atoms with Crippen molar-refractivity contribution in [3.8, 4) is 11.3 Å². The van der Waals surface area contributed by atoms with E-state index in [4.69, 9.17) is 16.7 Å². The molecule has 5 heteroatoms. The van der Waals surface area contributed by atoms with Crippen LogP contribution in [0.4, 0.5) is 0 Å². The van der Waals surface area contributed by atoms with E-state index in [-0.39, 0.29) is 6.61 Å². The topological polar surface area (TPSA) is 45.1 Å². The van der Waals surface area contributed by atoms with Gasteiger partial charge in [-0.15, -0.1) is 11.3 Å². The molecule has 1 aromatic carbocycles. The van der Waals surface area contributed by atoms with Crippen LogP contribution < -0.4 is 5.32 Å². The Hall–Kier alpha value is -0.940. The average molecular weight is 297 g/mol. The molecule has 2 aromatic rings. The van der Waals surface area contributed by atoms with Gasteiger partial charge in [0.1, 0.15) is 0 Å². The predicted octanol–water partition coefficient (Wildman–Crippen LogP) is 2.90. The number of nitrogens with zero attached hydrogens (tertiary/aromatic N) is 1. The summed E-state index contributed by atoms with van der Waals surface area (Å²) in [5.41, 5.74) is 3.17. The number of aryl methyl sites for hydroxylation is 1. The van der Waals surface area contributed by atoms with Gasteiger partial charge >= 0.3 is 0 Å². The zero-order chi connectivity index (χ0) is 13.7. The van der Waals surface area contributed by atoms with Gasteiger partial charge in [-0.2, -0.15) is 0 Å². The summed E-state index contributed by atoms with van der Waals surface area (Å²) in [6.07, 6.45) is 0.886. The summed E-state index contributed by atoms with van der Waals surface area (Å²) >= 11 is 7.69. The molecule has 0 spiro atoms. The van der Waals surface area contributed by atoms with E-state index in [2.05, 4.69) is 21.7 Å². The molecule has 2 N–H and O–H groups in total. The van der Waals surface area contributed by atoms with E-state index in [1.807, 2.05) is 19.1 Å². The molecular weight excluding hydrogens is 280 g/mol. The molecule has 0 aliphatic heterocycles. The van der Waals surface area contributed by atoms with Crippen molar-refractivity contribution in [1.29, 1.82) is 0 Å². The number of halogens is 1. The van der Waals surface area contributed by atoms with E-state index in [1.54, 1.807) is 11.3 Å². The van der Waals surface area contributed by atoms with Crippen molar-refractivity contribution in [3.63, 3.8) is 0 Å². The summed E-state index contributed by atoms with van der Waals surface area (Å²) in [5, 5.41) is 15.8. The molecule has 1 heterocycles. The van der Waals surface area contributed by atoms with Crippen LogP contribution in [-0.4, -0.2) is 29.8 Å². The summed E-state index contributed by atoms with van der Waals surface area (Å²) in [6.45, 7) is 3.65. The zero-order valence-corrected chi connectivity index (χ0v) is 12.4. The molecule has 0 amide bonds. The number of rotatable bonds is 6. The Morgan fingerprint density at radius 2 is 2.21 bits per heavy atom. The van der Waals surface area contributed by atoms with Crippen LogP contribution in [0.15, 0.2) is 23.6 Å². The minimum Gasteiger partial charge on any atom is -0.395 e. The van der Waals surface area contributed by atoms with Crippen molar-refractivity contribution in [3.05, 3.63) is 39.2 Å². The van der Waals surface area contributed by atoms with Gasteiger partial charge in [0.15, 0.2) is 0 Å². The number of hydrogen-bond acceptors (Lipinski definition) is 4. The minimum absolute atomic E-state index is 0.174. The summed E-state index contributed by atoms with van der Waals surface area (Å²) < 4.78 is 0. The number of nitrogens with one attached hydrogen (secondary N) is 1. The molecule has 0 unspecified atom stereocenters. The van der Waals surface area contributed by atoms with E-state index in [0.717, 1.165) is 39.8 Å². The second-order valence-electron chi connectivity index (χ2n) is 4.31. The molecule has 0 aliphatic rings. The Bertz CT molecular complexity index is 542. The molecule has 0 aliphatic carbocycles. The van der Waals surface area contributed by atoms with E-state index in [0.29, 0.717) is 6.54 Å². The summed E-state index contributed by atoms with van der Waals surface area (Å²) in [6, 6.07) is 5.97. The van der Waals surface area contributed by atoms with Gasteiger partial charge in [-0.25, -0.2) is 4.98 Å². The first-order valence-corrected chi connectivity index (χ1v) is 7.49. The molecule has 1 aromatic heterocycles. The molecule has 2 rings (SSSR count). The Morgan fingerprint density at radius 3 is 2.95 bits per heavy atom. The fourth-order valence-electron chi connectivity index (χ4n) is 1.76. The largest absolute Gasteiger partial charge is 0.395 e. The van der Waals surface area contributed by atoms with Gasteiger partial charge in [0.2, 0.25) is 0 Å². The van der Waals surface area contributed by atoms with Gasteiger partial charge in [-0.3, -0.25) is 0 Å². The van der Waals surface area contributed by atoms with Crippen molar-refractivity contribution < 1.29 is 5.11 Å². The Kier molecular flexibility index (Phi) is 5.34. The van der Waals surface area contributed by atoms with Crippen molar-refractivity contribution in [2.75, 3.05) is 19.7 Å². The number of aliphatic hydroxyl groups excluding tert-OH is 1. The second kappa shape index (κ2) is 7.01. The summed E-state index contributed by atoms with van der Waals surface area (Å²) in [5.74, 6) is 0. The molecule has 102 valence electrons. The van der Waals surface area contributed by atoms with E-state index in [1.165, 1.54) is 0 Å². The molecule has 19 heavy (non-hydrogen) atoms. The van der Waals surface area contributed by atoms with Crippen LogP contribution >= 0.6 is 22.9 Å². The summed E-state index contributed by atoms with van der Waals surface area (Å²) in [4.78, 5) is 4.62. The first kappa shape index (κ1) is 14.5. The maximum Gasteiger partial charge on any atom is 0.0945 e. The molecule has 3 nitrogen and oxygen atoms in total. The minimum atomic E-state index is 0.174. The Labute approximate surface area is 122 Å². The fourth-order valence-corrected chi connectivity index (χ4v) is 2.69. The second-order valence-corrected chi connectivity index (χ2v) is 5.66. The van der Waals surface area contributed by atoms with Crippen molar-refractivity contribution in [2.45, 2.75) is 13.3 Å². The third-order valence-corrected chi connectivity index (χ3v) is 4.14. The van der Waals surface area contributed by atoms with E-state index in [9.17, 15) is 0 Å². The van der Waals surface area contributed by atoms with Crippen LogP contribution in [0.25, 0.3) is 11.3 Å². The molecule has 0 atom stereocenters. The van der Waals surface area contributed by atoms with Gasteiger partial charge in [0.25, 0.3) is 0 Å². The monoisotopic (exact) mass is 296 g/mol. The molecule has 0 saturated heterocycles. The lowest BCUT2D eigenvalue weighted by atomic mass is 10.1. The smallest absolute Gasteiger partial charge is 0.0945 e. The lowest BCUT2D eigenvalue weighted by Gasteiger charge is -2.01. The lowest BCUT2D eigenvalue weighted by molar-refractivity contribution is 0.293. The number of benzene rings is 1. The molecule has 0 bridgehead atoms. The first-order valence-electron chi connectivity index (χ1n) is 6.23. The van der Waals surface area contributed by atoms with Crippen LogP contribution in [0.5, 0.6) is 0 Å². The maximum atomic E-state index is 8.68. The highest BCUT2D eigenvalue weighted by molar-refractivity contribution is 7.09. The SMILES string of the molecule is Cc1cc(-c2csc(CCNCCO)n2)ccc1Cl. The van der Waals surface area contributed by atoms with Crippen LogP contribution in [-0.2, 0) is 6.42 Å². The van der Waals surface area contributed by atoms with Gasteiger partial charge in [-0.05, 0) is 24.6 Å². The molecule has 0 radical (unpaired) electrons. The summed E-state index contributed by atoms with van der Waals surface area (Å²) in [7, 11) is 0.